The van der Waals surface area contributed by atoms with Crippen molar-refractivity contribution in [1.29, 1.82) is 0 Å². The molecule has 0 aromatic heterocycles. The Morgan fingerprint density at radius 3 is 1.53 bits per heavy atom. The standard InChI is InChI=1S/C23H40F5NO3/c1-4-5-6-7-8-9-10-11-12-13-14-15-16-17-32-20(30)19(18(2)3)29-21(31)22(24,25)23(26,27)28/h18-19H,4-17H2,1-3H3,(H,29,31). The Balaban J connectivity index is 3.97. The van der Waals surface area contributed by atoms with Crippen molar-refractivity contribution in [3.8, 4) is 0 Å². The van der Waals surface area contributed by atoms with Gasteiger partial charge in [-0.25, -0.2) is 4.79 Å². The van der Waals surface area contributed by atoms with Gasteiger partial charge in [0.05, 0.1) is 6.61 Å². The van der Waals surface area contributed by atoms with Crippen molar-refractivity contribution in [2.24, 2.45) is 5.92 Å². The minimum atomic E-state index is -6.03. The molecule has 0 aliphatic carbocycles. The number of carbonyl (C=O) groups is 2. The summed E-state index contributed by atoms with van der Waals surface area (Å²) < 4.78 is 68.1. The first-order chi connectivity index (χ1) is 14.9. The molecule has 0 spiro atoms. The zero-order chi connectivity index (χ0) is 24.6. The van der Waals surface area contributed by atoms with E-state index >= 15 is 0 Å². The number of ether oxygens (including phenoxy) is 1. The lowest BCUT2D eigenvalue weighted by Crippen LogP contribution is -2.56. The summed E-state index contributed by atoms with van der Waals surface area (Å²) in [7, 11) is 0. The molecule has 0 heterocycles. The topological polar surface area (TPSA) is 55.4 Å². The Hall–Kier alpha value is -1.41. The van der Waals surface area contributed by atoms with Gasteiger partial charge in [0.2, 0.25) is 0 Å². The summed E-state index contributed by atoms with van der Waals surface area (Å²) in [4.78, 5) is 23.4. The summed E-state index contributed by atoms with van der Waals surface area (Å²) in [5.41, 5.74) is 0. The quantitative estimate of drug-likeness (QED) is 0.133. The van der Waals surface area contributed by atoms with Crippen LogP contribution < -0.4 is 5.32 Å². The average Bonchev–Trinajstić information content (AvgIpc) is 2.70. The number of alkyl halides is 5. The first kappa shape index (κ1) is 30.6. The molecule has 0 aliphatic heterocycles. The smallest absolute Gasteiger partial charge is 0.463 e. The number of unbranched alkanes of at least 4 members (excludes halogenated alkanes) is 12. The predicted octanol–water partition coefficient (Wildman–Crippen LogP) is 6.96. The number of carbonyl (C=O) groups excluding carboxylic acids is 2. The lowest BCUT2D eigenvalue weighted by Gasteiger charge is -2.24. The molecule has 32 heavy (non-hydrogen) atoms. The highest BCUT2D eigenvalue weighted by Crippen LogP contribution is 2.35. The van der Waals surface area contributed by atoms with E-state index in [0.29, 0.717) is 6.42 Å². The molecule has 0 fully saturated rings. The number of hydrogen-bond donors (Lipinski definition) is 1. The van der Waals surface area contributed by atoms with Crippen LogP contribution in [0, 0.1) is 5.92 Å². The largest absolute Gasteiger partial charge is 0.464 e. The molecular formula is C23H40F5NO3. The van der Waals surface area contributed by atoms with Gasteiger partial charge in [-0.3, -0.25) is 4.79 Å². The molecule has 190 valence electrons. The second-order valence-corrected chi connectivity index (χ2v) is 8.68. The fourth-order valence-corrected chi connectivity index (χ4v) is 3.24. The number of amides is 1. The summed E-state index contributed by atoms with van der Waals surface area (Å²) in [6.07, 6.45) is 8.85. The molecule has 0 saturated heterocycles. The Morgan fingerprint density at radius 2 is 1.16 bits per heavy atom. The Kier molecular flexibility index (Phi) is 15.5. The van der Waals surface area contributed by atoms with E-state index in [-0.39, 0.29) is 6.61 Å². The number of nitrogens with one attached hydrogen (secondary N) is 1. The summed E-state index contributed by atoms with van der Waals surface area (Å²) in [5.74, 6) is -9.84. The molecule has 1 N–H and O–H groups in total. The first-order valence-corrected chi connectivity index (χ1v) is 11.9. The van der Waals surface area contributed by atoms with Gasteiger partial charge in [0.15, 0.2) is 0 Å². The van der Waals surface area contributed by atoms with Gasteiger partial charge in [0.25, 0.3) is 0 Å². The number of halogens is 5. The highest BCUT2D eigenvalue weighted by molar-refractivity contribution is 5.89. The molecule has 1 atom stereocenters. The van der Waals surface area contributed by atoms with Crippen LogP contribution >= 0.6 is 0 Å². The van der Waals surface area contributed by atoms with E-state index in [1.807, 2.05) is 0 Å². The maximum atomic E-state index is 13.1. The van der Waals surface area contributed by atoms with Crippen molar-refractivity contribution >= 4 is 11.9 Å². The SMILES string of the molecule is CCCCCCCCCCCCCCCOC(=O)C(NC(=O)C(F)(F)C(F)(F)F)C(C)C. The first-order valence-electron chi connectivity index (χ1n) is 11.9. The zero-order valence-electron chi connectivity index (χ0n) is 19.7. The second-order valence-electron chi connectivity index (χ2n) is 8.68. The molecular weight excluding hydrogens is 433 g/mol. The number of hydrogen-bond acceptors (Lipinski definition) is 3. The van der Waals surface area contributed by atoms with Crippen molar-refractivity contribution in [3.05, 3.63) is 0 Å². The maximum absolute atomic E-state index is 13.1. The van der Waals surface area contributed by atoms with Crippen molar-refractivity contribution in [1.82, 2.24) is 5.32 Å². The highest BCUT2D eigenvalue weighted by atomic mass is 19.4. The molecule has 0 aliphatic rings. The molecule has 0 aromatic carbocycles. The molecule has 9 heteroatoms. The van der Waals surface area contributed by atoms with Crippen molar-refractivity contribution in [2.45, 2.75) is 122 Å². The fourth-order valence-electron chi connectivity index (χ4n) is 3.24. The van der Waals surface area contributed by atoms with E-state index in [4.69, 9.17) is 4.74 Å². The third kappa shape index (κ3) is 12.6. The molecule has 0 bridgehead atoms. The maximum Gasteiger partial charge on any atom is 0.463 e. The summed E-state index contributed by atoms with van der Waals surface area (Å²) in [5, 5.41) is 1.48. The van der Waals surface area contributed by atoms with Gasteiger partial charge in [-0.15, -0.1) is 0 Å². The molecule has 0 rings (SSSR count). The minimum Gasteiger partial charge on any atom is -0.464 e. The van der Waals surface area contributed by atoms with Gasteiger partial charge >= 0.3 is 24.0 Å². The van der Waals surface area contributed by atoms with Crippen LogP contribution in [0.4, 0.5) is 22.0 Å². The Morgan fingerprint density at radius 1 is 0.750 bits per heavy atom. The van der Waals surface area contributed by atoms with Crippen LogP contribution in [0.2, 0.25) is 0 Å². The van der Waals surface area contributed by atoms with E-state index in [9.17, 15) is 31.5 Å². The third-order valence-corrected chi connectivity index (χ3v) is 5.34. The van der Waals surface area contributed by atoms with E-state index in [1.165, 1.54) is 70.5 Å². The van der Waals surface area contributed by atoms with Gasteiger partial charge in [-0.1, -0.05) is 97.8 Å². The second kappa shape index (κ2) is 16.2. The van der Waals surface area contributed by atoms with Crippen molar-refractivity contribution in [2.75, 3.05) is 6.61 Å². The number of esters is 1. The van der Waals surface area contributed by atoms with Gasteiger partial charge in [0.1, 0.15) is 6.04 Å². The molecule has 1 unspecified atom stereocenters. The zero-order valence-corrected chi connectivity index (χ0v) is 19.7. The number of rotatable bonds is 18. The molecule has 0 saturated carbocycles. The molecule has 4 nitrogen and oxygen atoms in total. The van der Waals surface area contributed by atoms with Crippen LogP contribution in [0.3, 0.4) is 0 Å². The normalized spacial score (nSPS) is 13.3. The van der Waals surface area contributed by atoms with Crippen molar-refractivity contribution < 1.29 is 36.3 Å². The van der Waals surface area contributed by atoms with Crippen LogP contribution in [0.1, 0.15) is 104 Å². The van der Waals surface area contributed by atoms with Crippen molar-refractivity contribution in [3.63, 3.8) is 0 Å². The van der Waals surface area contributed by atoms with E-state index in [0.717, 1.165) is 25.7 Å². The predicted molar refractivity (Wildman–Crippen MR) is 114 cm³/mol. The summed E-state index contributed by atoms with van der Waals surface area (Å²) in [6, 6.07) is -1.57. The monoisotopic (exact) mass is 473 g/mol. The Labute approximate surface area is 189 Å². The van der Waals surface area contributed by atoms with E-state index < -0.39 is 35.9 Å². The van der Waals surface area contributed by atoms with Gasteiger partial charge in [0, 0.05) is 0 Å². The lowest BCUT2D eigenvalue weighted by molar-refractivity contribution is -0.270. The van der Waals surface area contributed by atoms with Gasteiger partial charge < -0.3 is 10.1 Å². The van der Waals surface area contributed by atoms with Crippen LogP contribution in [0.5, 0.6) is 0 Å². The van der Waals surface area contributed by atoms with Crippen LogP contribution in [0.25, 0.3) is 0 Å². The van der Waals surface area contributed by atoms with Crippen LogP contribution in [0.15, 0.2) is 0 Å². The fraction of sp³-hybridized carbons (Fsp3) is 0.913. The minimum absolute atomic E-state index is 0.0331. The molecule has 0 aromatic rings. The lowest BCUT2D eigenvalue weighted by atomic mass is 10.0. The molecule has 1 amide bonds. The Bertz CT molecular complexity index is 524. The average molecular weight is 474 g/mol. The molecule has 0 radical (unpaired) electrons. The van der Waals surface area contributed by atoms with Crippen LogP contribution in [-0.2, 0) is 14.3 Å². The van der Waals surface area contributed by atoms with Gasteiger partial charge in [-0.05, 0) is 12.3 Å². The van der Waals surface area contributed by atoms with Gasteiger partial charge in [-0.2, -0.15) is 22.0 Å². The highest BCUT2D eigenvalue weighted by Gasteiger charge is 2.63. The van der Waals surface area contributed by atoms with Crippen LogP contribution in [-0.4, -0.2) is 36.6 Å². The van der Waals surface area contributed by atoms with E-state index in [1.54, 1.807) is 0 Å². The summed E-state index contributed by atoms with van der Waals surface area (Å²) in [6.45, 7) is 5.08. The summed E-state index contributed by atoms with van der Waals surface area (Å²) >= 11 is 0. The van der Waals surface area contributed by atoms with E-state index in [2.05, 4.69) is 6.92 Å². The third-order valence-electron chi connectivity index (χ3n) is 5.34.